The zero-order chi connectivity index (χ0) is 17.0. The van der Waals surface area contributed by atoms with E-state index in [4.69, 9.17) is 14.0 Å². The molecule has 1 N–H and O–H groups in total. The van der Waals surface area contributed by atoms with Crippen LogP contribution in [-0.2, 0) is 16.7 Å². The summed E-state index contributed by atoms with van der Waals surface area (Å²) in [5.74, 6) is 1.37. The van der Waals surface area contributed by atoms with Crippen molar-refractivity contribution in [3.63, 3.8) is 0 Å². The van der Waals surface area contributed by atoms with Crippen LogP contribution in [0.5, 0.6) is 11.5 Å². The molecule has 0 spiro atoms. The molecule has 2 aromatic rings. The van der Waals surface area contributed by atoms with E-state index < -0.39 is 10.1 Å². The minimum atomic E-state index is -4.21. The molecule has 7 heteroatoms. The zero-order valence-corrected chi connectivity index (χ0v) is 14.0. The summed E-state index contributed by atoms with van der Waals surface area (Å²) in [6.45, 7) is 0.437. The van der Waals surface area contributed by atoms with E-state index in [0.29, 0.717) is 18.0 Å². The molecular weight excluding hydrogens is 318 g/mol. The van der Waals surface area contributed by atoms with Crippen LogP contribution in [0.4, 0.5) is 5.69 Å². The Morgan fingerprint density at radius 2 is 1.83 bits per heavy atom. The van der Waals surface area contributed by atoms with Gasteiger partial charge in [-0.15, -0.1) is 0 Å². The molecule has 0 saturated heterocycles. The second-order valence-electron chi connectivity index (χ2n) is 5.02. The lowest BCUT2D eigenvalue weighted by Gasteiger charge is -2.22. The van der Waals surface area contributed by atoms with Gasteiger partial charge in [-0.25, -0.2) is 0 Å². The molecule has 0 saturated carbocycles. The van der Waals surface area contributed by atoms with Gasteiger partial charge >= 0.3 is 0 Å². The van der Waals surface area contributed by atoms with Gasteiger partial charge in [0, 0.05) is 19.7 Å². The van der Waals surface area contributed by atoms with Crippen LogP contribution in [0.25, 0.3) is 0 Å². The third-order valence-electron chi connectivity index (χ3n) is 3.41. The Morgan fingerprint density at radius 1 is 1.09 bits per heavy atom. The summed E-state index contributed by atoms with van der Waals surface area (Å²) in [7, 11) is 0.812. The summed E-state index contributed by atoms with van der Waals surface area (Å²) in [5.41, 5.74) is 1.55. The summed E-state index contributed by atoms with van der Waals surface area (Å²) < 4.78 is 42.2. The molecule has 2 aromatic carbocycles. The summed E-state index contributed by atoms with van der Waals surface area (Å²) in [6, 6.07) is 11.6. The van der Waals surface area contributed by atoms with Crippen molar-refractivity contribution in [2.45, 2.75) is 11.4 Å². The van der Waals surface area contributed by atoms with Crippen LogP contribution in [-0.4, -0.2) is 34.2 Å². The highest BCUT2D eigenvalue weighted by atomic mass is 32.2. The first-order valence-electron chi connectivity index (χ1n) is 6.84. The van der Waals surface area contributed by atoms with Gasteiger partial charge in [0.05, 0.1) is 24.8 Å². The van der Waals surface area contributed by atoms with Crippen LogP contribution in [0.15, 0.2) is 47.4 Å². The van der Waals surface area contributed by atoms with Crippen LogP contribution >= 0.6 is 0 Å². The molecule has 0 amide bonds. The molecule has 0 aliphatic carbocycles. The normalized spacial score (nSPS) is 11.1. The first-order valence-corrected chi connectivity index (χ1v) is 8.28. The number of ether oxygens (including phenoxy) is 2. The van der Waals surface area contributed by atoms with Crippen molar-refractivity contribution in [2.75, 3.05) is 26.2 Å². The fraction of sp³-hybridized carbons (Fsp3) is 0.250. The molecule has 0 atom stereocenters. The lowest BCUT2D eigenvalue weighted by molar-refractivity contribution is 0.403. The van der Waals surface area contributed by atoms with Crippen LogP contribution < -0.4 is 14.4 Å². The van der Waals surface area contributed by atoms with Crippen molar-refractivity contribution < 1.29 is 22.4 Å². The maximum Gasteiger partial charge on any atom is 0.294 e. The van der Waals surface area contributed by atoms with Crippen LogP contribution in [0, 0.1) is 0 Å². The Bertz CT molecular complexity index is 789. The van der Waals surface area contributed by atoms with E-state index in [1.165, 1.54) is 12.1 Å². The van der Waals surface area contributed by atoms with Gasteiger partial charge in [-0.2, -0.15) is 8.42 Å². The monoisotopic (exact) mass is 337 g/mol. The highest BCUT2D eigenvalue weighted by molar-refractivity contribution is 7.85. The number of hydrogen-bond donors (Lipinski definition) is 1. The van der Waals surface area contributed by atoms with E-state index in [1.807, 2.05) is 18.0 Å². The Hall–Kier alpha value is -2.25. The standard InChI is InChI=1S/C16H19NO5S/c1-17(15-10-13(21-2)7-8-16(15)22-3)11-12-5-4-6-14(9-12)23(18,19)20/h4-10H,11H2,1-3H3,(H,18,19,20). The SMILES string of the molecule is COc1ccc(OC)c(N(C)Cc2cccc(S(=O)(=O)O)c2)c1. The molecule has 0 bridgehead atoms. The average molecular weight is 337 g/mol. The minimum Gasteiger partial charge on any atom is -0.497 e. The van der Waals surface area contributed by atoms with E-state index >= 15 is 0 Å². The second kappa shape index (κ2) is 6.89. The van der Waals surface area contributed by atoms with Gasteiger partial charge in [0.25, 0.3) is 10.1 Å². The molecule has 0 aliphatic heterocycles. The summed E-state index contributed by atoms with van der Waals surface area (Å²) in [5, 5.41) is 0. The Labute approximate surface area is 136 Å². The molecule has 124 valence electrons. The van der Waals surface area contributed by atoms with E-state index in [0.717, 1.165) is 11.3 Å². The fourth-order valence-electron chi connectivity index (χ4n) is 2.26. The molecule has 0 aromatic heterocycles. The molecular formula is C16H19NO5S. The van der Waals surface area contributed by atoms with E-state index in [9.17, 15) is 8.42 Å². The highest BCUT2D eigenvalue weighted by Crippen LogP contribution is 2.32. The topological polar surface area (TPSA) is 76.1 Å². The maximum absolute atomic E-state index is 11.2. The molecule has 0 unspecified atom stereocenters. The average Bonchev–Trinajstić information content (AvgIpc) is 2.53. The fourth-order valence-corrected chi connectivity index (χ4v) is 2.81. The van der Waals surface area contributed by atoms with Gasteiger partial charge in [-0.05, 0) is 29.8 Å². The number of methoxy groups -OCH3 is 2. The molecule has 0 aliphatic rings. The first kappa shape index (κ1) is 17.1. The van der Waals surface area contributed by atoms with Gasteiger partial charge < -0.3 is 14.4 Å². The molecule has 0 heterocycles. The van der Waals surface area contributed by atoms with Crippen molar-refractivity contribution in [1.82, 2.24) is 0 Å². The van der Waals surface area contributed by atoms with Crippen molar-refractivity contribution in [3.8, 4) is 11.5 Å². The smallest absolute Gasteiger partial charge is 0.294 e. The van der Waals surface area contributed by atoms with Gasteiger partial charge in [-0.3, -0.25) is 4.55 Å². The number of hydrogen-bond acceptors (Lipinski definition) is 5. The predicted octanol–water partition coefficient (Wildman–Crippen LogP) is 2.59. The van der Waals surface area contributed by atoms with Crippen molar-refractivity contribution in [1.29, 1.82) is 0 Å². The molecule has 0 fully saturated rings. The Morgan fingerprint density at radius 3 is 2.43 bits per heavy atom. The minimum absolute atomic E-state index is 0.124. The summed E-state index contributed by atoms with van der Waals surface area (Å²) in [6.07, 6.45) is 0. The van der Waals surface area contributed by atoms with Crippen LogP contribution in [0.2, 0.25) is 0 Å². The number of benzene rings is 2. The van der Waals surface area contributed by atoms with Crippen molar-refractivity contribution in [3.05, 3.63) is 48.0 Å². The predicted molar refractivity (Wildman–Crippen MR) is 87.9 cm³/mol. The number of nitrogens with zero attached hydrogens (tertiary/aromatic N) is 1. The molecule has 0 radical (unpaired) electrons. The van der Waals surface area contributed by atoms with Crippen LogP contribution in [0.3, 0.4) is 0 Å². The number of anilines is 1. The third kappa shape index (κ3) is 4.14. The largest absolute Gasteiger partial charge is 0.497 e. The van der Waals surface area contributed by atoms with Crippen molar-refractivity contribution >= 4 is 15.8 Å². The molecule has 23 heavy (non-hydrogen) atoms. The summed E-state index contributed by atoms with van der Waals surface area (Å²) >= 11 is 0. The lowest BCUT2D eigenvalue weighted by Crippen LogP contribution is -2.17. The quantitative estimate of drug-likeness (QED) is 0.817. The van der Waals surface area contributed by atoms with Gasteiger partial charge in [0.2, 0.25) is 0 Å². The second-order valence-corrected chi connectivity index (χ2v) is 6.44. The van der Waals surface area contributed by atoms with Gasteiger partial charge in [0.15, 0.2) is 0 Å². The first-order chi connectivity index (χ1) is 10.8. The van der Waals surface area contributed by atoms with E-state index in [1.54, 1.807) is 38.5 Å². The Balaban J connectivity index is 2.30. The van der Waals surface area contributed by atoms with Crippen LogP contribution in [0.1, 0.15) is 5.56 Å². The third-order valence-corrected chi connectivity index (χ3v) is 4.26. The Kier molecular flexibility index (Phi) is 5.12. The van der Waals surface area contributed by atoms with Gasteiger partial charge in [-0.1, -0.05) is 12.1 Å². The molecule has 2 rings (SSSR count). The molecule has 6 nitrogen and oxygen atoms in total. The van der Waals surface area contributed by atoms with Gasteiger partial charge in [0.1, 0.15) is 11.5 Å². The zero-order valence-electron chi connectivity index (χ0n) is 13.2. The lowest BCUT2D eigenvalue weighted by atomic mass is 10.2. The highest BCUT2D eigenvalue weighted by Gasteiger charge is 2.13. The van der Waals surface area contributed by atoms with Crippen molar-refractivity contribution in [2.24, 2.45) is 0 Å². The summed E-state index contributed by atoms with van der Waals surface area (Å²) in [4.78, 5) is 1.78. The van der Waals surface area contributed by atoms with E-state index in [2.05, 4.69) is 0 Å². The number of rotatable bonds is 6. The maximum atomic E-state index is 11.2. The van der Waals surface area contributed by atoms with E-state index in [-0.39, 0.29) is 4.90 Å².